The molecule has 214 valence electrons. The molecule has 0 aromatic heterocycles. The van der Waals surface area contributed by atoms with Crippen LogP contribution in [0.15, 0.2) is 0 Å². The highest BCUT2D eigenvalue weighted by Gasteiger charge is 2.74. The smallest absolute Gasteiger partial charge is 0.300 e. The lowest BCUT2D eigenvalue weighted by atomic mass is 10.3. The fourth-order valence-electron chi connectivity index (χ4n) is 0.567. The molecule has 0 saturated heterocycles. The maximum atomic E-state index is 12.6. The van der Waals surface area contributed by atoms with E-state index in [-0.39, 0.29) is 0 Å². The molecular formula is C11H15F17O5S. The fourth-order valence-corrected chi connectivity index (χ4v) is 0.567. The van der Waals surface area contributed by atoms with Gasteiger partial charge in [-0.2, -0.15) is 47.9 Å². The molecule has 0 saturated carbocycles. The van der Waals surface area contributed by atoms with Crippen molar-refractivity contribution in [2.24, 2.45) is 0 Å². The van der Waals surface area contributed by atoms with Crippen molar-refractivity contribution in [3.8, 4) is 0 Å². The van der Waals surface area contributed by atoms with E-state index in [1.165, 1.54) is 0 Å². The second kappa shape index (κ2) is 18.0. The normalized spacial score (nSPS) is 13.9. The highest BCUT2D eigenvalue weighted by atomic mass is 32.2. The molecule has 0 aliphatic rings. The Labute approximate surface area is 179 Å². The van der Waals surface area contributed by atoms with Crippen LogP contribution in [0.2, 0.25) is 0 Å². The van der Waals surface area contributed by atoms with E-state index in [9.17, 15) is 74.6 Å². The number of ether oxygens (including phenoxy) is 2. The van der Waals surface area contributed by atoms with Gasteiger partial charge in [0, 0.05) is 6.92 Å². The zero-order valence-electron chi connectivity index (χ0n) is 16.2. The third-order valence-corrected chi connectivity index (χ3v) is 2.34. The monoisotopic (exact) mass is 582 g/mol. The van der Waals surface area contributed by atoms with Crippen LogP contribution >= 0.6 is 0 Å². The molecule has 0 amide bonds. The minimum atomic E-state index is -6.28. The summed E-state index contributed by atoms with van der Waals surface area (Å²) in [5, 5.41) is 0. The van der Waals surface area contributed by atoms with Gasteiger partial charge in [-0.1, -0.05) is 0 Å². The minimum Gasteiger partial charge on any atom is -0.300 e. The SMILES string of the molecule is CC(F)(F)CF.CF.FCF.FCOC(F)(F)C(F)(OCF)C(F)(F)F.O=S(=O)(O)C(F)(F)F. The van der Waals surface area contributed by atoms with Gasteiger partial charge in [0.25, 0.3) is 5.92 Å². The molecule has 0 aliphatic heterocycles. The second-order valence-electron chi connectivity index (χ2n) is 4.34. The highest BCUT2D eigenvalue weighted by molar-refractivity contribution is 7.86. The summed E-state index contributed by atoms with van der Waals surface area (Å²) in [4.78, 5) is 0. The third-order valence-electron chi connectivity index (χ3n) is 1.76. The Balaban J connectivity index is -0.000000124. The predicted octanol–water partition coefficient (Wildman–Crippen LogP) is 6.17. The topological polar surface area (TPSA) is 72.8 Å². The average Bonchev–Trinajstić information content (AvgIpc) is 2.62. The van der Waals surface area contributed by atoms with Crippen LogP contribution < -0.4 is 0 Å². The van der Waals surface area contributed by atoms with Crippen LogP contribution in [0.5, 0.6) is 0 Å². The maximum Gasteiger partial charge on any atom is 0.522 e. The fraction of sp³-hybridized carbons (Fsp3) is 1.00. The molecule has 1 N–H and O–H groups in total. The summed E-state index contributed by atoms with van der Waals surface area (Å²) in [7, 11) is -5.34. The standard InChI is InChI=1S/C5H4F8O2.C3H5F3.CHF3O3S.CH2F2.CH3F/c6-1-14-3(8,4(9,10)11)5(12,13)15-2-7;1-3(5,6)2-4;2-1(3,4)8(5,6)7;2-1-3;1-2/h1-2H2;2H2,1H3;(H,5,6,7);1H2;1H3. The summed E-state index contributed by atoms with van der Waals surface area (Å²) >= 11 is 0. The first kappa shape index (κ1) is 42.8. The molecule has 34 heavy (non-hydrogen) atoms. The van der Waals surface area contributed by atoms with Gasteiger partial charge in [0.15, 0.2) is 20.4 Å². The molecule has 0 aromatic rings. The first-order valence-electron chi connectivity index (χ1n) is 6.85. The third kappa shape index (κ3) is 20.1. The summed E-state index contributed by atoms with van der Waals surface area (Å²) in [6.07, 6.45) is -12.0. The molecule has 0 rings (SSSR count). The number of alkyl halides is 17. The van der Waals surface area contributed by atoms with Gasteiger partial charge in [-0.25, -0.2) is 30.7 Å². The van der Waals surface area contributed by atoms with Crippen molar-refractivity contribution in [2.45, 2.75) is 36.5 Å². The Morgan fingerprint density at radius 1 is 0.706 bits per heavy atom. The van der Waals surface area contributed by atoms with E-state index in [0.29, 0.717) is 14.1 Å². The average molecular weight is 582 g/mol. The van der Waals surface area contributed by atoms with Gasteiger partial charge in [-0.3, -0.25) is 13.7 Å². The van der Waals surface area contributed by atoms with Crippen LogP contribution in [-0.4, -0.2) is 77.0 Å². The van der Waals surface area contributed by atoms with Crippen molar-refractivity contribution in [1.29, 1.82) is 0 Å². The van der Waals surface area contributed by atoms with Crippen molar-refractivity contribution in [2.75, 3.05) is 34.5 Å². The van der Waals surface area contributed by atoms with E-state index in [2.05, 4.69) is 9.47 Å². The molecule has 0 radical (unpaired) electrons. The van der Waals surface area contributed by atoms with Crippen LogP contribution in [-0.2, 0) is 19.6 Å². The summed E-state index contributed by atoms with van der Waals surface area (Å²) in [6, 6.07) is 0. The van der Waals surface area contributed by atoms with E-state index < -0.39 is 67.0 Å². The van der Waals surface area contributed by atoms with E-state index in [1.807, 2.05) is 0 Å². The Bertz CT molecular complexity index is 574. The van der Waals surface area contributed by atoms with Gasteiger partial charge in [0.1, 0.15) is 0 Å². The first-order chi connectivity index (χ1) is 14.8. The van der Waals surface area contributed by atoms with Crippen LogP contribution in [0, 0.1) is 0 Å². The van der Waals surface area contributed by atoms with Gasteiger partial charge in [-0.05, 0) is 0 Å². The summed E-state index contributed by atoms with van der Waals surface area (Å²) in [6.45, 7) is -7.66. The van der Waals surface area contributed by atoms with Gasteiger partial charge in [-0.15, -0.1) is 0 Å². The summed E-state index contributed by atoms with van der Waals surface area (Å²) in [5.74, 6) is -8.86. The summed E-state index contributed by atoms with van der Waals surface area (Å²) in [5.41, 5.74) is -5.53. The lowest BCUT2D eigenvalue weighted by molar-refractivity contribution is -0.466. The Hall–Kier alpha value is -1.36. The van der Waals surface area contributed by atoms with Crippen LogP contribution in [0.4, 0.5) is 74.6 Å². The molecule has 1 unspecified atom stereocenters. The second-order valence-corrected chi connectivity index (χ2v) is 5.76. The van der Waals surface area contributed by atoms with Gasteiger partial charge in [0.2, 0.25) is 6.93 Å². The molecule has 0 fully saturated rings. The molecule has 0 spiro atoms. The minimum absolute atomic E-state index is 0.500. The van der Waals surface area contributed by atoms with Crippen molar-refractivity contribution in [1.82, 2.24) is 0 Å². The number of rotatable bonds is 6. The zero-order chi connectivity index (χ0) is 29.2. The lowest BCUT2D eigenvalue weighted by Gasteiger charge is -2.31. The largest absolute Gasteiger partial charge is 0.522 e. The van der Waals surface area contributed by atoms with Crippen molar-refractivity contribution in [3.05, 3.63) is 0 Å². The number of halogens is 17. The summed E-state index contributed by atoms with van der Waals surface area (Å²) < 4.78 is 220. The predicted molar refractivity (Wildman–Crippen MR) is 77.3 cm³/mol. The Morgan fingerprint density at radius 3 is 1.06 bits per heavy atom. The Morgan fingerprint density at radius 2 is 0.941 bits per heavy atom. The van der Waals surface area contributed by atoms with Crippen molar-refractivity contribution < 1.29 is 97.1 Å². The maximum absolute atomic E-state index is 12.6. The van der Waals surface area contributed by atoms with Crippen LogP contribution in [0.3, 0.4) is 0 Å². The van der Waals surface area contributed by atoms with Crippen LogP contribution in [0.1, 0.15) is 6.92 Å². The zero-order valence-corrected chi connectivity index (χ0v) is 17.1. The molecule has 0 bridgehead atoms. The molecule has 1 atom stereocenters. The first-order valence-corrected chi connectivity index (χ1v) is 8.29. The van der Waals surface area contributed by atoms with Gasteiger partial charge >= 0.3 is 33.8 Å². The highest BCUT2D eigenvalue weighted by Crippen LogP contribution is 2.46. The van der Waals surface area contributed by atoms with Gasteiger partial charge in [0.05, 0.1) is 7.18 Å². The molecule has 0 heterocycles. The Kier molecular flexibility index (Phi) is 22.6. The molecule has 23 heteroatoms. The number of hydrogen-bond acceptors (Lipinski definition) is 4. The number of hydrogen-bond donors (Lipinski definition) is 1. The van der Waals surface area contributed by atoms with E-state index in [0.717, 1.165) is 0 Å². The van der Waals surface area contributed by atoms with E-state index in [1.54, 1.807) is 0 Å². The molecule has 5 nitrogen and oxygen atoms in total. The van der Waals surface area contributed by atoms with E-state index in [4.69, 9.17) is 13.0 Å². The van der Waals surface area contributed by atoms with E-state index >= 15 is 0 Å². The lowest BCUT2D eigenvalue weighted by Crippen LogP contribution is -2.58. The molecular weight excluding hydrogens is 567 g/mol. The van der Waals surface area contributed by atoms with Crippen molar-refractivity contribution in [3.63, 3.8) is 0 Å². The quantitative estimate of drug-likeness (QED) is 0.231. The molecule has 0 aromatic carbocycles. The van der Waals surface area contributed by atoms with Gasteiger partial charge < -0.3 is 4.74 Å². The van der Waals surface area contributed by atoms with Crippen LogP contribution in [0.25, 0.3) is 0 Å². The van der Waals surface area contributed by atoms with Crippen molar-refractivity contribution >= 4 is 10.1 Å². The molecule has 0 aliphatic carbocycles.